The highest BCUT2D eigenvalue weighted by molar-refractivity contribution is 5.98. The third-order valence-corrected chi connectivity index (χ3v) is 1.46. The summed E-state index contributed by atoms with van der Waals surface area (Å²) in [5.41, 5.74) is 0.887. The monoisotopic (exact) mass is 176 g/mol. The van der Waals surface area contributed by atoms with E-state index in [2.05, 4.69) is 10.3 Å². The Bertz CT molecular complexity index is 331. The molecule has 1 rings (SSSR count). The fraction of sp³-hybridized carbons (Fsp3) is 0.200. The van der Waals surface area contributed by atoms with Crippen LogP contribution in [0.2, 0.25) is 0 Å². The minimum atomic E-state index is -0.152. The predicted molar refractivity (Wildman–Crippen MR) is 52.4 cm³/mol. The third-order valence-electron chi connectivity index (χ3n) is 1.46. The summed E-state index contributed by atoms with van der Waals surface area (Å²) < 4.78 is 0. The molecule has 0 saturated carbocycles. The Morgan fingerprint density at radius 3 is 2.92 bits per heavy atom. The van der Waals surface area contributed by atoms with E-state index in [-0.39, 0.29) is 5.91 Å². The number of carbonyl (C=O) groups is 1. The standard InChI is InChI=1S/C10H12N2O/c1-3-5-10(13)12-9-7-4-6-8(2)11-9/h3-7H,1-2H3,(H,11,12,13)/b5-3+. The van der Waals surface area contributed by atoms with Crippen molar-refractivity contribution in [2.24, 2.45) is 0 Å². The number of carbonyl (C=O) groups excluding carboxylic acids is 1. The van der Waals surface area contributed by atoms with Crippen molar-refractivity contribution in [3.63, 3.8) is 0 Å². The van der Waals surface area contributed by atoms with E-state index in [9.17, 15) is 4.79 Å². The van der Waals surface area contributed by atoms with Crippen molar-refractivity contribution in [1.82, 2.24) is 4.98 Å². The van der Waals surface area contributed by atoms with Crippen LogP contribution < -0.4 is 5.32 Å². The first kappa shape index (κ1) is 9.45. The average Bonchev–Trinajstić information content (AvgIpc) is 2.04. The van der Waals surface area contributed by atoms with Crippen molar-refractivity contribution in [2.45, 2.75) is 13.8 Å². The second kappa shape index (κ2) is 4.40. The molecule has 1 amide bonds. The van der Waals surface area contributed by atoms with E-state index < -0.39 is 0 Å². The van der Waals surface area contributed by atoms with E-state index in [0.717, 1.165) is 5.69 Å². The molecule has 0 fully saturated rings. The van der Waals surface area contributed by atoms with Gasteiger partial charge in [-0.3, -0.25) is 4.79 Å². The summed E-state index contributed by atoms with van der Waals surface area (Å²) >= 11 is 0. The smallest absolute Gasteiger partial charge is 0.249 e. The van der Waals surface area contributed by atoms with E-state index in [1.54, 1.807) is 19.1 Å². The van der Waals surface area contributed by atoms with Gasteiger partial charge in [-0.05, 0) is 32.1 Å². The number of anilines is 1. The van der Waals surface area contributed by atoms with Crippen LogP contribution >= 0.6 is 0 Å². The SMILES string of the molecule is C/C=C/C(=O)Nc1cccc(C)n1. The van der Waals surface area contributed by atoms with Crippen LogP contribution in [0.5, 0.6) is 0 Å². The molecular weight excluding hydrogens is 164 g/mol. The highest BCUT2D eigenvalue weighted by atomic mass is 16.1. The van der Waals surface area contributed by atoms with Crippen LogP contribution in [0.1, 0.15) is 12.6 Å². The summed E-state index contributed by atoms with van der Waals surface area (Å²) in [6, 6.07) is 5.49. The first-order chi connectivity index (χ1) is 6.22. The summed E-state index contributed by atoms with van der Waals surface area (Å²) in [5.74, 6) is 0.434. The number of nitrogens with one attached hydrogen (secondary N) is 1. The van der Waals surface area contributed by atoms with E-state index >= 15 is 0 Å². The Kier molecular flexibility index (Phi) is 3.20. The van der Waals surface area contributed by atoms with Crippen molar-refractivity contribution < 1.29 is 4.79 Å². The van der Waals surface area contributed by atoms with Gasteiger partial charge in [-0.25, -0.2) is 4.98 Å². The van der Waals surface area contributed by atoms with Crippen molar-refractivity contribution >= 4 is 11.7 Å². The fourth-order valence-corrected chi connectivity index (χ4v) is 0.932. The van der Waals surface area contributed by atoms with Crippen molar-refractivity contribution in [2.75, 3.05) is 5.32 Å². The molecule has 0 aliphatic carbocycles. The second-order valence-corrected chi connectivity index (χ2v) is 2.65. The summed E-state index contributed by atoms with van der Waals surface area (Å²) in [6.07, 6.45) is 3.15. The van der Waals surface area contributed by atoms with Gasteiger partial charge in [-0.15, -0.1) is 0 Å². The zero-order valence-electron chi connectivity index (χ0n) is 7.74. The molecule has 0 aliphatic heterocycles. The van der Waals surface area contributed by atoms with E-state index in [1.165, 1.54) is 6.08 Å². The molecular formula is C10H12N2O. The lowest BCUT2D eigenvalue weighted by Crippen LogP contribution is -2.09. The first-order valence-corrected chi connectivity index (χ1v) is 4.09. The van der Waals surface area contributed by atoms with Crippen molar-refractivity contribution in [1.29, 1.82) is 0 Å². The molecule has 0 atom stereocenters. The predicted octanol–water partition coefficient (Wildman–Crippen LogP) is 1.90. The minimum Gasteiger partial charge on any atom is -0.307 e. The molecule has 1 heterocycles. The number of aryl methyl sites for hydroxylation is 1. The lowest BCUT2D eigenvalue weighted by atomic mass is 10.3. The van der Waals surface area contributed by atoms with Crippen LogP contribution in [-0.2, 0) is 4.79 Å². The number of amides is 1. The topological polar surface area (TPSA) is 42.0 Å². The lowest BCUT2D eigenvalue weighted by molar-refractivity contribution is -0.111. The fourth-order valence-electron chi connectivity index (χ4n) is 0.932. The Labute approximate surface area is 77.5 Å². The van der Waals surface area contributed by atoms with E-state index in [0.29, 0.717) is 5.82 Å². The van der Waals surface area contributed by atoms with E-state index in [4.69, 9.17) is 0 Å². The quantitative estimate of drug-likeness (QED) is 0.699. The summed E-state index contributed by atoms with van der Waals surface area (Å²) in [6.45, 7) is 3.68. The number of hydrogen-bond acceptors (Lipinski definition) is 2. The molecule has 1 aromatic heterocycles. The molecule has 0 aliphatic rings. The van der Waals surface area contributed by atoms with Crippen LogP contribution in [0.25, 0.3) is 0 Å². The number of pyridine rings is 1. The van der Waals surface area contributed by atoms with Crippen LogP contribution in [0.15, 0.2) is 30.4 Å². The maximum absolute atomic E-state index is 11.1. The van der Waals surface area contributed by atoms with Crippen LogP contribution in [0, 0.1) is 6.92 Å². The van der Waals surface area contributed by atoms with Gasteiger partial charge in [0, 0.05) is 5.69 Å². The highest BCUT2D eigenvalue weighted by Gasteiger charge is 1.97. The van der Waals surface area contributed by atoms with Crippen LogP contribution in [0.3, 0.4) is 0 Å². The third kappa shape index (κ3) is 3.07. The van der Waals surface area contributed by atoms with Gasteiger partial charge in [0.05, 0.1) is 0 Å². The number of nitrogens with zero attached hydrogens (tertiary/aromatic N) is 1. The number of allylic oxidation sites excluding steroid dienone is 1. The molecule has 1 aromatic rings. The van der Waals surface area contributed by atoms with Crippen LogP contribution in [0.4, 0.5) is 5.82 Å². The number of rotatable bonds is 2. The van der Waals surface area contributed by atoms with Gasteiger partial charge in [0.15, 0.2) is 0 Å². The maximum atomic E-state index is 11.1. The molecule has 0 aromatic carbocycles. The number of hydrogen-bond donors (Lipinski definition) is 1. The van der Waals surface area contributed by atoms with Crippen molar-refractivity contribution in [3.05, 3.63) is 36.0 Å². The summed E-state index contributed by atoms with van der Waals surface area (Å²) in [4.78, 5) is 15.2. The van der Waals surface area contributed by atoms with Gasteiger partial charge in [-0.1, -0.05) is 12.1 Å². The zero-order valence-corrected chi connectivity index (χ0v) is 7.74. The Morgan fingerprint density at radius 2 is 2.31 bits per heavy atom. The molecule has 0 saturated heterocycles. The molecule has 68 valence electrons. The first-order valence-electron chi connectivity index (χ1n) is 4.09. The van der Waals surface area contributed by atoms with E-state index in [1.807, 2.05) is 19.1 Å². The molecule has 0 radical (unpaired) electrons. The molecule has 0 spiro atoms. The van der Waals surface area contributed by atoms with Gasteiger partial charge in [-0.2, -0.15) is 0 Å². The molecule has 1 N–H and O–H groups in total. The van der Waals surface area contributed by atoms with Crippen molar-refractivity contribution in [3.8, 4) is 0 Å². The average molecular weight is 176 g/mol. The molecule has 0 unspecified atom stereocenters. The summed E-state index contributed by atoms with van der Waals surface area (Å²) in [5, 5.41) is 2.65. The molecule has 0 bridgehead atoms. The molecule has 13 heavy (non-hydrogen) atoms. The zero-order chi connectivity index (χ0) is 9.68. The van der Waals surface area contributed by atoms with Gasteiger partial charge in [0.25, 0.3) is 0 Å². The Hall–Kier alpha value is -1.64. The summed E-state index contributed by atoms with van der Waals surface area (Å²) in [7, 11) is 0. The normalized spacial score (nSPS) is 10.3. The second-order valence-electron chi connectivity index (χ2n) is 2.65. The van der Waals surface area contributed by atoms with Crippen LogP contribution in [-0.4, -0.2) is 10.9 Å². The Morgan fingerprint density at radius 1 is 1.54 bits per heavy atom. The minimum absolute atomic E-state index is 0.152. The van der Waals surface area contributed by atoms with Gasteiger partial charge in [0.1, 0.15) is 5.82 Å². The van der Waals surface area contributed by atoms with Gasteiger partial charge < -0.3 is 5.32 Å². The molecule has 3 nitrogen and oxygen atoms in total. The van der Waals surface area contributed by atoms with Gasteiger partial charge in [0.2, 0.25) is 5.91 Å². The molecule has 3 heteroatoms. The maximum Gasteiger partial charge on any atom is 0.249 e. The number of aromatic nitrogens is 1. The highest BCUT2D eigenvalue weighted by Crippen LogP contribution is 2.03. The Balaban J connectivity index is 2.69. The lowest BCUT2D eigenvalue weighted by Gasteiger charge is -2.00. The largest absolute Gasteiger partial charge is 0.307 e. The van der Waals surface area contributed by atoms with Gasteiger partial charge >= 0.3 is 0 Å².